The first-order chi connectivity index (χ1) is 18.1. The predicted octanol–water partition coefficient (Wildman–Crippen LogP) is 6.16. The second kappa shape index (κ2) is 10.0. The van der Waals surface area contributed by atoms with Crippen LogP contribution in [0.1, 0.15) is 52.6 Å². The quantitative estimate of drug-likeness (QED) is 0.268. The molecule has 2 N–H and O–H groups in total. The van der Waals surface area contributed by atoms with Crippen LogP contribution in [0.5, 0.6) is 0 Å². The van der Waals surface area contributed by atoms with E-state index in [1.807, 2.05) is 0 Å². The van der Waals surface area contributed by atoms with Gasteiger partial charge in [0.1, 0.15) is 11.5 Å². The highest BCUT2D eigenvalue weighted by atomic mass is 19.4. The number of aryl methyl sites for hydroxylation is 1. The van der Waals surface area contributed by atoms with Crippen LogP contribution in [0.25, 0.3) is 16.9 Å². The number of hydrogen-bond donors (Lipinski definition) is 2. The van der Waals surface area contributed by atoms with Gasteiger partial charge in [0.15, 0.2) is 11.8 Å². The summed E-state index contributed by atoms with van der Waals surface area (Å²) in [4.78, 5) is 16.8. The van der Waals surface area contributed by atoms with Crippen LogP contribution in [0.4, 0.5) is 27.6 Å². The molecule has 1 amide bonds. The number of carbonyl (C=O) groups is 1. The van der Waals surface area contributed by atoms with Crippen LogP contribution in [-0.2, 0) is 0 Å². The maximum Gasteiger partial charge on any atom is 0.390 e. The van der Waals surface area contributed by atoms with Crippen LogP contribution < -0.4 is 10.6 Å². The number of carbonyl (C=O) groups excluding carboxylic acids is 1. The van der Waals surface area contributed by atoms with Crippen LogP contribution >= 0.6 is 0 Å². The van der Waals surface area contributed by atoms with Crippen molar-refractivity contribution >= 4 is 17.2 Å². The van der Waals surface area contributed by atoms with Crippen molar-refractivity contribution in [3.05, 3.63) is 82.9 Å². The van der Waals surface area contributed by atoms with E-state index in [2.05, 4.69) is 20.7 Å². The molecule has 2 heterocycles. The van der Waals surface area contributed by atoms with Crippen LogP contribution in [0.15, 0.2) is 54.7 Å². The van der Waals surface area contributed by atoms with Crippen molar-refractivity contribution in [3.8, 4) is 11.3 Å². The summed E-state index contributed by atoms with van der Waals surface area (Å²) in [6, 6.07) is 11.6. The molecule has 1 aliphatic rings. The molecule has 0 spiro atoms. The lowest BCUT2D eigenvalue weighted by Gasteiger charge is -2.15. The Hall–Kier alpha value is -4.02. The third-order valence-corrected chi connectivity index (χ3v) is 6.29. The van der Waals surface area contributed by atoms with Crippen molar-refractivity contribution in [2.75, 3.05) is 11.9 Å². The summed E-state index contributed by atoms with van der Waals surface area (Å²) in [5, 5.41) is 10.0. The summed E-state index contributed by atoms with van der Waals surface area (Å²) in [5.41, 5.74) is 2.54. The number of fused-ring (bicyclic) bond motifs is 1. The molecule has 0 saturated heterocycles. The van der Waals surface area contributed by atoms with E-state index in [9.17, 15) is 22.4 Å². The van der Waals surface area contributed by atoms with Crippen molar-refractivity contribution in [1.82, 2.24) is 19.9 Å². The highest BCUT2D eigenvalue weighted by Gasteiger charge is 2.27. The Bertz CT molecular complexity index is 1500. The predicted molar refractivity (Wildman–Crippen MR) is 132 cm³/mol. The van der Waals surface area contributed by atoms with Gasteiger partial charge in [-0.25, -0.2) is 18.3 Å². The van der Waals surface area contributed by atoms with Gasteiger partial charge in [0.25, 0.3) is 5.91 Å². The summed E-state index contributed by atoms with van der Waals surface area (Å²) in [6.45, 7) is 1.34. The lowest BCUT2D eigenvalue weighted by Crippen LogP contribution is -2.26. The summed E-state index contributed by atoms with van der Waals surface area (Å²) in [6.07, 6.45) is -3.92. The largest absolute Gasteiger partial charge is 0.390 e. The molecular formula is C27H24F5N5O. The molecule has 11 heteroatoms. The van der Waals surface area contributed by atoms with E-state index < -0.39 is 31.1 Å². The molecule has 6 nitrogen and oxygen atoms in total. The van der Waals surface area contributed by atoms with Gasteiger partial charge >= 0.3 is 6.18 Å². The molecule has 0 bridgehead atoms. The minimum atomic E-state index is -4.38. The summed E-state index contributed by atoms with van der Waals surface area (Å²) in [5.74, 6) is -0.791. The molecule has 1 fully saturated rings. The van der Waals surface area contributed by atoms with E-state index in [1.165, 1.54) is 35.0 Å². The average molecular weight is 530 g/mol. The second-order valence-electron chi connectivity index (χ2n) is 9.35. The van der Waals surface area contributed by atoms with Crippen molar-refractivity contribution in [2.45, 2.75) is 44.6 Å². The number of benzene rings is 2. The van der Waals surface area contributed by atoms with Crippen LogP contribution in [0, 0.1) is 12.7 Å². The molecule has 0 radical (unpaired) electrons. The van der Waals surface area contributed by atoms with Gasteiger partial charge in [-0.15, -0.1) is 0 Å². The Kier molecular flexibility index (Phi) is 6.77. The fourth-order valence-electron chi connectivity index (χ4n) is 4.18. The Morgan fingerprint density at radius 3 is 2.63 bits per heavy atom. The van der Waals surface area contributed by atoms with Gasteiger partial charge in [0.2, 0.25) is 0 Å². The van der Waals surface area contributed by atoms with E-state index in [-0.39, 0.29) is 34.5 Å². The number of nitrogens with zero attached hydrogens (tertiary/aromatic N) is 3. The zero-order valence-electron chi connectivity index (χ0n) is 20.3. The lowest BCUT2D eigenvalue weighted by molar-refractivity contribution is -0.131. The number of nitrogens with one attached hydrogen (secondary N) is 2. The van der Waals surface area contributed by atoms with Gasteiger partial charge in [-0.1, -0.05) is 18.2 Å². The number of halogens is 5. The van der Waals surface area contributed by atoms with Crippen molar-refractivity contribution in [3.63, 3.8) is 0 Å². The molecule has 1 atom stereocenters. The van der Waals surface area contributed by atoms with Crippen LogP contribution in [-0.4, -0.2) is 39.3 Å². The fourth-order valence-corrected chi connectivity index (χ4v) is 4.18. The van der Waals surface area contributed by atoms with E-state index in [1.54, 1.807) is 25.1 Å². The van der Waals surface area contributed by atoms with Gasteiger partial charge < -0.3 is 10.6 Å². The molecule has 5 rings (SSSR count). The van der Waals surface area contributed by atoms with E-state index in [4.69, 9.17) is 0 Å². The number of aromatic nitrogens is 3. The second-order valence-corrected chi connectivity index (χ2v) is 9.35. The molecule has 2 aromatic heterocycles. The van der Waals surface area contributed by atoms with Gasteiger partial charge in [-0.3, -0.25) is 4.79 Å². The lowest BCUT2D eigenvalue weighted by atomic mass is 10.0. The van der Waals surface area contributed by atoms with Crippen molar-refractivity contribution in [2.24, 2.45) is 0 Å². The number of hydrogen-bond acceptors (Lipinski definition) is 4. The van der Waals surface area contributed by atoms with E-state index >= 15 is 4.39 Å². The van der Waals surface area contributed by atoms with Gasteiger partial charge in [-0.2, -0.15) is 18.3 Å². The Balaban J connectivity index is 1.54. The number of alkyl halides is 4. The van der Waals surface area contributed by atoms with Crippen LogP contribution in [0.2, 0.25) is 0 Å². The molecule has 1 saturated carbocycles. The average Bonchev–Trinajstić information content (AvgIpc) is 3.57. The Labute approximate surface area is 214 Å². The van der Waals surface area contributed by atoms with Gasteiger partial charge in [0.05, 0.1) is 24.0 Å². The summed E-state index contributed by atoms with van der Waals surface area (Å²) < 4.78 is 68.9. The van der Waals surface area contributed by atoms with Gasteiger partial charge in [-0.05, 0) is 61.2 Å². The Morgan fingerprint density at radius 1 is 1.16 bits per heavy atom. The fraction of sp³-hybridized carbons (Fsp3) is 0.296. The number of amides is 1. The highest BCUT2D eigenvalue weighted by Crippen LogP contribution is 2.32. The molecule has 198 valence electrons. The first kappa shape index (κ1) is 25.6. The normalized spacial score (nSPS) is 14.5. The summed E-state index contributed by atoms with van der Waals surface area (Å²) >= 11 is 0. The topological polar surface area (TPSA) is 71.3 Å². The maximum absolute atomic E-state index is 15.5. The minimum absolute atomic E-state index is 0.0154. The van der Waals surface area contributed by atoms with Crippen LogP contribution in [0.3, 0.4) is 0 Å². The van der Waals surface area contributed by atoms with Crippen molar-refractivity contribution in [1.29, 1.82) is 0 Å². The van der Waals surface area contributed by atoms with Crippen molar-refractivity contribution < 1.29 is 26.7 Å². The number of imidazole rings is 1. The van der Waals surface area contributed by atoms with Gasteiger partial charge in [0, 0.05) is 23.7 Å². The SMILES string of the molecule is Cc1cc(-c2cnc3c(NCCC(F)(F)F)cc(C(F)c4cccc(F)c4)nn23)ccc1C(=O)NC1CC1. The zero-order valence-corrected chi connectivity index (χ0v) is 20.3. The molecule has 4 aromatic rings. The molecule has 38 heavy (non-hydrogen) atoms. The van der Waals surface area contributed by atoms with E-state index in [0.717, 1.165) is 18.9 Å². The summed E-state index contributed by atoms with van der Waals surface area (Å²) in [7, 11) is 0. The maximum atomic E-state index is 15.5. The molecule has 0 aliphatic heterocycles. The standard InChI is InChI=1S/C27H24F5N5O/c1-15-11-16(5-8-20(15)26(38)35-19-6-7-19)23-14-34-25-22(33-10-9-27(30,31)32)13-21(36-37(23)25)24(29)17-3-2-4-18(28)12-17/h2-5,8,11-14,19,24,33H,6-7,9-10H2,1H3,(H,35,38). The zero-order chi connectivity index (χ0) is 27.0. The molecule has 2 aromatic carbocycles. The minimum Gasteiger partial charge on any atom is -0.382 e. The third-order valence-electron chi connectivity index (χ3n) is 6.29. The third kappa shape index (κ3) is 5.61. The molecular weight excluding hydrogens is 505 g/mol. The first-order valence-corrected chi connectivity index (χ1v) is 12.1. The number of rotatable bonds is 8. The Morgan fingerprint density at radius 2 is 1.95 bits per heavy atom. The smallest absolute Gasteiger partial charge is 0.382 e. The highest BCUT2D eigenvalue weighted by molar-refractivity contribution is 5.96. The first-order valence-electron chi connectivity index (χ1n) is 12.1. The van der Waals surface area contributed by atoms with E-state index in [0.29, 0.717) is 22.4 Å². The molecule has 1 aliphatic carbocycles. The molecule has 1 unspecified atom stereocenters. The monoisotopic (exact) mass is 529 g/mol. The number of anilines is 1.